The maximum Gasteiger partial charge on any atom is 0.226 e. The summed E-state index contributed by atoms with van der Waals surface area (Å²) in [6.45, 7) is 17.8. The van der Waals surface area contributed by atoms with E-state index >= 15 is 4.39 Å². The number of nitrogens with zero attached hydrogens (tertiary/aromatic N) is 5. The lowest BCUT2D eigenvalue weighted by Crippen LogP contribution is -2.39. The number of imide groups is 1. The predicted molar refractivity (Wildman–Crippen MR) is 256 cm³/mol. The molecule has 64 heavy (non-hydrogen) atoms. The zero-order valence-electron chi connectivity index (χ0n) is 38.9. The minimum absolute atomic E-state index is 0. The van der Waals surface area contributed by atoms with E-state index in [4.69, 9.17) is 9.47 Å². The van der Waals surface area contributed by atoms with Crippen LogP contribution in [-0.2, 0) is 23.9 Å². The first kappa shape index (κ1) is 52.5. The smallest absolute Gasteiger partial charge is 0.226 e. The molecule has 362 valence electrons. The van der Waals surface area contributed by atoms with Crippen LogP contribution >= 0.6 is 0 Å². The number of likely N-dealkylation sites (tertiary alicyclic amines) is 2. The van der Waals surface area contributed by atoms with Crippen LogP contribution in [0, 0.1) is 17.7 Å². The highest BCUT2D eigenvalue weighted by Gasteiger charge is 2.28. The Kier molecular flexibility index (Phi) is 24.7. The Morgan fingerprint density at radius 1 is 1.09 bits per heavy atom. The summed E-state index contributed by atoms with van der Waals surface area (Å²) in [6.07, 6.45) is 23.8. The standard InChI is InChI=1S/C49H76F2N8O5.3H2/c1-5-16-41(55-49-53-34-45(51)48(56-49)43-19-9-8-17-40(43)35-59-30-11-10-22-47(59)62)18-14-33-63-37-64-36-58(27-6-2)29-15-28-57-31-23-39(24-32-57)42(44(50)7-3)20-12-25-52-26-13-21-46(61)54-38(4)60;;;/h7-9,12,19-20,34,39-41,52H,3,5-6,10-11,13-18,21-33,35-37H2,1-2,4H3,(H,53,55,56)(H,54,60,61);3*1H/b20-12-,44-42-;;;/t40?,41-;;;/m1.../s1. The van der Waals surface area contributed by atoms with Gasteiger partial charge in [0.05, 0.1) is 6.20 Å². The summed E-state index contributed by atoms with van der Waals surface area (Å²) in [4.78, 5) is 50.8. The van der Waals surface area contributed by atoms with E-state index in [0.29, 0.717) is 63.0 Å². The van der Waals surface area contributed by atoms with Crippen LogP contribution in [0.4, 0.5) is 14.7 Å². The van der Waals surface area contributed by atoms with Crippen LogP contribution in [-0.4, -0.2) is 127 Å². The fourth-order valence-corrected chi connectivity index (χ4v) is 8.69. The molecule has 0 radical (unpaired) electrons. The Morgan fingerprint density at radius 3 is 2.67 bits per heavy atom. The molecule has 1 unspecified atom stereocenters. The van der Waals surface area contributed by atoms with Crippen LogP contribution in [0.2, 0.25) is 0 Å². The Morgan fingerprint density at radius 2 is 1.92 bits per heavy atom. The highest BCUT2D eigenvalue weighted by molar-refractivity contribution is 5.93. The number of allylic oxidation sites excluding steroid dienone is 7. The summed E-state index contributed by atoms with van der Waals surface area (Å²) in [6, 6.07) is 0.109. The quantitative estimate of drug-likeness (QED) is 0.0389. The number of hydrogen-bond donors (Lipinski definition) is 3. The van der Waals surface area contributed by atoms with Crippen LogP contribution in [0.1, 0.15) is 121 Å². The number of amides is 3. The number of halogens is 2. The van der Waals surface area contributed by atoms with Gasteiger partial charge in [-0.15, -0.1) is 0 Å². The Bertz CT molecular complexity index is 1750. The SMILES string of the molecule is C=C/C(F)=C(\C=C/CNCCCC(=O)NC(C)=O)C1CCN(CCCN(CCC)COCOCCC[C@@H](CCC)Nc2ncc(F)c(C3=CC=CCC3CN3CCCCC3=O)n2)CC1.[HH].[HH].[HH]. The van der Waals surface area contributed by atoms with Crippen LogP contribution in [0.3, 0.4) is 0 Å². The number of carbonyl (C=O) groups excluding carboxylic acids is 3. The van der Waals surface area contributed by atoms with Crippen molar-refractivity contribution >= 4 is 29.2 Å². The van der Waals surface area contributed by atoms with Gasteiger partial charge in [0, 0.05) is 75.3 Å². The van der Waals surface area contributed by atoms with Crippen LogP contribution in [0.15, 0.2) is 60.6 Å². The molecule has 2 atom stereocenters. The number of aromatic nitrogens is 2. The molecule has 2 fully saturated rings. The van der Waals surface area contributed by atoms with Crippen molar-refractivity contribution in [3.63, 3.8) is 0 Å². The molecule has 3 aliphatic rings. The first-order valence-electron chi connectivity index (χ1n) is 23.9. The van der Waals surface area contributed by atoms with Crippen molar-refractivity contribution in [2.75, 3.05) is 84.4 Å². The molecule has 0 aromatic carbocycles. The fourth-order valence-electron chi connectivity index (χ4n) is 8.69. The molecule has 4 rings (SSSR count). The van der Waals surface area contributed by atoms with Gasteiger partial charge in [0.2, 0.25) is 23.7 Å². The van der Waals surface area contributed by atoms with E-state index < -0.39 is 5.82 Å². The highest BCUT2D eigenvalue weighted by Crippen LogP contribution is 2.33. The van der Waals surface area contributed by atoms with E-state index in [1.807, 2.05) is 29.2 Å². The molecule has 1 aromatic rings. The van der Waals surface area contributed by atoms with Gasteiger partial charge in [0.1, 0.15) is 25.0 Å². The molecular weight excluding hydrogens is 819 g/mol. The van der Waals surface area contributed by atoms with Gasteiger partial charge in [-0.2, -0.15) is 0 Å². The topological polar surface area (TPSA) is 141 Å². The van der Waals surface area contributed by atoms with Gasteiger partial charge in [0.15, 0.2) is 5.82 Å². The number of piperidine rings is 2. The number of ether oxygens (including phenoxy) is 2. The van der Waals surface area contributed by atoms with E-state index in [1.54, 1.807) is 0 Å². The number of nitrogens with one attached hydrogen (secondary N) is 3. The monoisotopic (exact) mass is 901 g/mol. The third-order valence-electron chi connectivity index (χ3n) is 12.0. The van der Waals surface area contributed by atoms with Crippen LogP contribution in [0.5, 0.6) is 0 Å². The summed E-state index contributed by atoms with van der Waals surface area (Å²) in [7, 11) is 0. The van der Waals surface area contributed by atoms with E-state index in [9.17, 15) is 18.8 Å². The molecule has 15 heteroatoms. The number of anilines is 1. The van der Waals surface area contributed by atoms with Crippen molar-refractivity contribution in [3.8, 4) is 0 Å². The van der Waals surface area contributed by atoms with Gasteiger partial charge >= 0.3 is 0 Å². The Hall–Kier alpha value is -4.15. The molecule has 0 spiro atoms. The summed E-state index contributed by atoms with van der Waals surface area (Å²) in [5.74, 6) is -0.656. The molecule has 1 aromatic heterocycles. The molecule has 2 aliphatic heterocycles. The second kappa shape index (κ2) is 30.1. The summed E-state index contributed by atoms with van der Waals surface area (Å²) >= 11 is 0. The van der Waals surface area contributed by atoms with Crippen molar-refractivity contribution in [1.29, 1.82) is 0 Å². The molecule has 0 bridgehead atoms. The molecule has 3 heterocycles. The van der Waals surface area contributed by atoms with Gasteiger partial charge in [-0.3, -0.25) is 24.6 Å². The summed E-state index contributed by atoms with van der Waals surface area (Å²) < 4.78 is 41.9. The van der Waals surface area contributed by atoms with Crippen molar-refractivity contribution in [1.82, 2.24) is 35.3 Å². The molecule has 13 nitrogen and oxygen atoms in total. The van der Waals surface area contributed by atoms with Gasteiger partial charge in [-0.25, -0.2) is 18.7 Å². The number of hydrogen-bond acceptors (Lipinski definition) is 11. The highest BCUT2D eigenvalue weighted by atomic mass is 19.1. The molecule has 3 amide bonds. The average molecular weight is 901 g/mol. The molecule has 3 N–H and O–H groups in total. The Labute approximate surface area is 385 Å². The van der Waals surface area contributed by atoms with Gasteiger partial charge in [-0.05, 0) is 120 Å². The maximum absolute atomic E-state index is 15.2. The van der Waals surface area contributed by atoms with Gasteiger partial charge in [0.25, 0.3) is 0 Å². The Balaban J connectivity index is 0.00000748. The average Bonchev–Trinajstić information content (AvgIpc) is 3.28. The first-order chi connectivity index (χ1) is 31.1. The van der Waals surface area contributed by atoms with E-state index in [-0.39, 0.29) is 58.9 Å². The number of carbonyl (C=O) groups is 3. The lowest BCUT2D eigenvalue weighted by Gasteiger charge is -2.33. The molecular formula is C49H82F2N8O5. The maximum atomic E-state index is 15.2. The second-order valence-corrected chi connectivity index (χ2v) is 17.2. The van der Waals surface area contributed by atoms with E-state index in [1.165, 1.54) is 19.2 Å². The minimum Gasteiger partial charge on any atom is -0.355 e. The van der Waals surface area contributed by atoms with Crippen LogP contribution < -0.4 is 16.0 Å². The largest absolute Gasteiger partial charge is 0.355 e. The van der Waals surface area contributed by atoms with Crippen molar-refractivity contribution in [2.24, 2.45) is 11.8 Å². The van der Waals surface area contributed by atoms with Crippen molar-refractivity contribution in [2.45, 2.75) is 117 Å². The lowest BCUT2D eigenvalue weighted by atomic mass is 9.88. The summed E-state index contributed by atoms with van der Waals surface area (Å²) in [5.41, 5.74) is 1.81. The van der Waals surface area contributed by atoms with E-state index in [0.717, 1.165) is 115 Å². The first-order valence-corrected chi connectivity index (χ1v) is 23.9. The van der Waals surface area contributed by atoms with E-state index in [2.05, 4.69) is 62.2 Å². The number of rotatable bonds is 30. The second-order valence-electron chi connectivity index (χ2n) is 17.2. The zero-order chi connectivity index (χ0) is 45.9. The third-order valence-corrected chi connectivity index (χ3v) is 12.0. The lowest BCUT2D eigenvalue weighted by molar-refractivity contribution is -0.133. The van der Waals surface area contributed by atoms with Gasteiger partial charge in [-0.1, -0.05) is 57.2 Å². The molecule has 1 aliphatic carbocycles. The molecule has 0 saturated carbocycles. The zero-order valence-corrected chi connectivity index (χ0v) is 38.9. The fraction of sp³-hybridized carbons (Fsp3) is 0.653. The summed E-state index contributed by atoms with van der Waals surface area (Å²) in [5, 5.41) is 8.97. The third kappa shape index (κ3) is 19.1. The predicted octanol–water partition coefficient (Wildman–Crippen LogP) is 8.45. The normalized spacial score (nSPS) is 18.3. The van der Waals surface area contributed by atoms with Crippen LogP contribution in [0.25, 0.3) is 5.57 Å². The molecule has 2 saturated heterocycles. The minimum atomic E-state index is -0.455. The van der Waals surface area contributed by atoms with Crippen molar-refractivity contribution in [3.05, 3.63) is 72.1 Å². The van der Waals surface area contributed by atoms with Crippen molar-refractivity contribution < 1.29 is 36.9 Å². The van der Waals surface area contributed by atoms with Gasteiger partial charge < -0.3 is 29.9 Å².